The molecule has 1 aromatic carbocycles. The highest BCUT2D eigenvalue weighted by atomic mass is 32.3. The van der Waals surface area contributed by atoms with Crippen LogP contribution in [0, 0.1) is 6.92 Å². The molecule has 3 aromatic heterocycles. The number of nitrogens with zero attached hydrogens (tertiary/aromatic N) is 3. The molecule has 164 valence electrons. The topological polar surface area (TPSA) is 93.0 Å². The van der Waals surface area contributed by atoms with E-state index in [2.05, 4.69) is 15.0 Å². The molecule has 0 amide bonds. The quantitative estimate of drug-likeness (QED) is 0.390. The van der Waals surface area contributed by atoms with Crippen LogP contribution in [0.3, 0.4) is 0 Å². The lowest BCUT2D eigenvalue weighted by Crippen LogP contribution is -2.04. The Morgan fingerprint density at radius 1 is 0.906 bits per heavy atom. The second kappa shape index (κ2) is 8.08. The van der Waals surface area contributed by atoms with Crippen molar-refractivity contribution in [3.63, 3.8) is 0 Å². The summed E-state index contributed by atoms with van der Waals surface area (Å²) in [7, 11) is -4.31. The van der Waals surface area contributed by atoms with Gasteiger partial charge in [0.2, 0.25) is 0 Å². The fraction of sp³-hybridized carbons (Fsp3) is 0.0952. The molecule has 0 fully saturated rings. The monoisotopic (exact) mass is 477 g/mol. The first kappa shape index (κ1) is 22.1. The van der Waals surface area contributed by atoms with Crippen LogP contribution in [0.2, 0.25) is 0 Å². The first-order chi connectivity index (χ1) is 15.0. The summed E-state index contributed by atoms with van der Waals surface area (Å²) in [5, 5.41) is 0. The number of hydrogen-bond donors (Lipinski definition) is 1. The maximum Gasteiger partial charge on any atom is 0.416 e. The minimum Gasteiger partial charge on any atom is -0.281 e. The van der Waals surface area contributed by atoms with E-state index in [1.807, 2.05) is 0 Å². The van der Waals surface area contributed by atoms with Crippen LogP contribution in [0.15, 0.2) is 65.0 Å². The van der Waals surface area contributed by atoms with E-state index in [9.17, 15) is 26.1 Å². The second-order valence-corrected chi connectivity index (χ2v) is 9.55. The third-order valence-electron chi connectivity index (χ3n) is 4.47. The molecule has 0 radical (unpaired) electrons. The summed E-state index contributed by atoms with van der Waals surface area (Å²) in [5.74, 6) is 0.343. The molecule has 0 spiro atoms. The van der Waals surface area contributed by atoms with Crippen molar-refractivity contribution in [3.05, 3.63) is 72.1 Å². The smallest absolute Gasteiger partial charge is 0.281 e. The molecule has 4 aromatic rings. The van der Waals surface area contributed by atoms with Crippen molar-refractivity contribution in [2.45, 2.75) is 17.3 Å². The standard InChI is InChI=1S/C21H14F3N3O3S2/c1-12-10-16(13-2-4-15(5-3-13)21(22,23)24)27-20(26-12)14-8-9-25-17(11-14)18-6-7-19(31-18)32(28,29)30/h2-11H,1H3,(H,28,29,30). The Bertz CT molecular complexity index is 1400. The van der Waals surface area contributed by atoms with Gasteiger partial charge in [-0.2, -0.15) is 21.6 Å². The highest BCUT2D eigenvalue weighted by Crippen LogP contribution is 2.33. The van der Waals surface area contributed by atoms with Crippen molar-refractivity contribution in [1.29, 1.82) is 0 Å². The molecule has 0 aliphatic rings. The zero-order chi connectivity index (χ0) is 23.1. The SMILES string of the molecule is Cc1cc(-c2ccc(C(F)(F)F)cc2)nc(-c2ccnc(-c3ccc(S(=O)(=O)O)s3)c2)n1. The van der Waals surface area contributed by atoms with Gasteiger partial charge in [-0.1, -0.05) is 12.1 Å². The van der Waals surface area contributed by atoms with Gasteiger partial charge in [-0.3, -0.25) is 9.54 Å². The lowest BCUT2D eigenvalue weighted by Gasteiger charge is -2.09. The van der Waals surface area contributed by atoms with Gasteiger partial charge in [0, 0.05) is 23.0 Å². The van der Waals surface area contributed by atoms with Gasteiger partial charge in [-0.15, -0.1) is 11.3 Å². The van der Waals surface area contributed by atoms with Crippen molar-refractivity contribution < 1.29 is 26.1 Å². The van der Waals surface area contributed by atoms with E-state index >= 15 is 0 Å². The second-order valence-electron chi connectivity index (χ2n) is 6.82. The van der Waals surface area contributed by atoms with Crippen LogP contribution < -0.4 is 0 Å². The van der Waals surface area contributed by atoms with Gasteiger partial charge in [-0.25, -0.2) is 9.97 Å². The number of thiophene rings is 1. The van der Waals surface area contributed by atoms with Crippen molar-refractivity contribution >= 4 is 21.5 Å². The van der Waals surface area contributed by atoms with Crippen LogP contribution in [0.1, 0.15) is 11.3 Å². The average molecular weight is 477 g/mol. The van der Waals surface area contributed by atoms with E-state index in [4.69, 9.17) is 0 Å². The molecule has 0 aliphatic carbocycles. The van der Waals surface area contributed by atoms with E-state index in [1.54, 1.807) is 25.1 Å². The van der Waals surface area contributed by atoms with E-state index in [-0.39, 0.29) is 4.21 Å². The lowest BCUT2D eigenvalue weighted by molar-refractivity contribution is -0.137. The molecule has 4 rings (SSSR count). The van der Waals surface area contributed by atoms with E-state index in [0.717, 1.165) is 23.5 Å². The number of pyridine rings is 1. The van der Waals surface area contributed by atoms with Crippen molar-refractivity contribution in [3.8, 4) is 33.2 Å². The number of halogens is 3. The first-order valence-electron chi connectivity index (χ1n) is 9.08. The summed E-state index contributed by atoms with van der Waals surface area (Å²) >= 11 is 0.870. The molecule has 0 unspecified atom stereocenters. The van der Waals surface area contributed by atoms with Crippen molar-refractivity contribution in [2.24, 2.45) is 0 Å². The number of benzene rings is 1. The molecule has 0 atom stereocenters. The summed E-state index contributed by atoms with van der Waals surface area (Å²) in [6, 6.07) is 12.5. The van der Waals surface area contributed by atoms with Crippen LogP contribution in [-0.4, -0.2) is 27.9 Å². The summed E-state index contributed by atoms with van der Waals surface area (Å²) in [5.41, 5.74) is 1.90. The van der Waals surface area contributed by atoms with E-state index in [0.29, 0.717) is 38.9 Å². The molecule has 1 N–H and O–H groups in total. The maximum atomic E-state index is 12.8. The highest BCUT2D eigenvalue weighted by Gasteiger charge is 2.30. The molecule has 6 nitrogen and oxygen atoms in total. The minimum atomic E-state index is -4.42. The Hall–Kier alpha value is -3.15. The average Bonchev–Trinajstić information content (AvgIpc) is 3.24. The predicted octanol–water partition coefficient (Wildman–Crippen LogP) is 5.51. The Kier molecular flexibility index (Phi) is 5.57. The fourth-order valence-corrected chi connectivity index (χ4v) is 4.61. The van der Waals surface area contributed by atoms with E-state index < -0.39 is 21.9 Å². The van der Waals surface area contributed by atoms with Gasteiger partial charge in [0.1, 0.15) is 4.21 Å². The number of rotatable bonds is 4. The largest absolute Gasteiger partial charge is 0.416 e. The normalized spacial score (nSPS) is 12.2. The Morgan fingerprint density at radius 2 is 1.62 bits per heavy atom. The van der Waals surface area contributed by atoms with Gasteiger partial charge in [0.25, 0.3) is 0 Å². The number of hydrogen-bond acceptors (Lipinski definition) is 6. The first-order valence-corrected chi connectivity index (χ1v) is 11.3. The van der Waals surface area contributed by atoms with E-state index in [1.165, 1.54) is 30.5 Å². The summed E-state index contributed by atoms with van der Waals surface area (Å²) in [4.78, 5) is 13.7. The third kappa shape index (κ3) is 4.69. The van der Waals surface area contributed by atoms with Crippen molar-refractivity contribution in [1.82, 2.24) is 15.0 Å². The van der Waals surface area contributed by atoms with Gasteiger partial charge >= 0.3 is 16.3 Å². The Morgan fingerprint density at radius 3 is 2.25 bits per heavy atom. The zero-order valence-corrected chi connectivity index (χ0v) is 18.0. The van der Waals surface area contributed by atoms with Crippen LogP contribution in [-0.2, 0) is 16.3 Å². The van der Waals surface area contributed by atoms with Crippen LogP contribution in [0.5, 0.6) is 0 Å². The van der Waals surface area contributed by atoms with Crippen LogP contribution in [0.25, 0.3) is 33.2 Å². The molecule has 3 heterocycles. The lowest BCUT2D eigenvalue weighted by atomic mass is 10.1. The molecular weight excluding hydrogens is 463 g/mol. The molecule has 0 aliphatic heterocycles. The number of alkyl halides is 3. The van der Waals surface area contributed by atoms with Gasteiger partial charge in [-0.05, 0) is 49.4 Å². The molecule has 0 bridgehead atoms. The zero-order valence-electron chi connectivity index (χ0n) is 16.3. The maximum absolute atomic E-state index is 12.8. The summed E-state index contributed by atoms with van der Waals surface area (Å²) in [6.45, 7) is 1.75. The Labute approximate surface area is 185 Å². The third-order valence-corrected chi connectivity index (χ3v) is 6.90. The molecule has 32 heavy (non-hydrogen) atoms. The number of aryl methyl sites for hydroxylation is 1. The van der Waals surface area contributed by atoms with Gasteiger partial charge in [0.05, 0.1) is 21.8 Å². The van der Waals surface area contributed by atoms with Crippen LogP contribution in [0.4, 0.5) is 13.2 Å². The highest BCUT2D eigenvalue weighted by molar-refractivity contribution is 7.88. The fourth-order valence-electron chi connectivity index (χ4n) is 2.98. The summed E-state index contributed by atoms with van der Waals surface area (Å²) in [6.07, 6.45) is -2.91. The predicted molar refractivity (Wildman–Crippen MR) is 114 cm³/mol. The van der Waals surface area contributed by atoms with Crippen molar-refractivity contribution in [2.75, 3.05) is 0 Å². The molecule has 0 saturated heterocycles. The van der Waals surface area contributed by atoms with Crippen LogP contribution >= 0.6 is 11.3 Å². The summed E-state index contributed by atoms with van der Waals surface area (Å²) < 4.78 is 70.1. The Balaban J connectivity index is 1.71. The molecular formula is C21H14F3N3O3S2. The minimum absolute atomic E-state index is 0.198. The number of aromatic nitrogens is 3. The van der Waals surface area contributed by atoms with Gasteiger partial charge in [0.15, 0.2) is 5.82 Å². The molecule has 0 saturated carbocycles. The molecule has 11 heteroatoms. The van der Waals surface area contributed by atoms with Gasteiger partial charge < -0.3 is 0 Å².